The highest BCUT2D eigenvalue weighted by Crippen LogP contribution is 2.18. The van der Waals surface area contributed by atoms with Gasteiger partial charge < -0.3 is 14.8 Å². The van der Waals surface area contributed by atoms with E-state index in [1.807, 2.05) is 24.3 Å². The zero-order valence-corrected chi connectivity index (χ0v) is 12.1. The van der Waals surface area contributed by atoms with Crippen LogP contribution in [0.15, 0.2) is 24.3 Å². The van der Waals surface area contributed by atoms with Crippen molar-refractivity contribution in [1.29, 1.82) is 0 Å². The Labute approximate surface area is 119 Å². The molecule has 5 heteroatoms. The Bertz CT molecular complexity index is 440. The summed E-state index contributed by atoms with van der Waals surface area (Å²) in [5.41, 5.74) is 1.22. The number of esters is 1. The van der Waals surface area contributed by atoms with Gasteiger partial charge in [0.1, 0.15) is 5.75 Å². The fraction of sp³-hybridized carbons (Fsp3) is 0.467. The van der Waals surface area contributed by atoms with Gasteiger partial charge in [-0.25, -0.2) is 0 Å². The van der Waals surface area contributed by atoms with Crippen LogP contribution in [0, 0.1) is 0 Å². The lowest BCUT2D eigenvalue weighted by molar-refractivity contribution is -0.140. The third-order valence-electron chi connectivity index (χ3n) is 2.80. The van der Waals surface area contributed by atoms with Crippen molar-refractivity contribution in [3.63, 3.8) is 0 Å². The van der Waals surface area contributed by atoms with Crippen LogP contribution in [0.4, 0.5) is 0 Å². The van der Waals surface area contributed by atoms with Gasteiger partial charge >= 0.3 is 5.97 Å². The molecule has 1 amide bonds. The average molecular weight is 279 g/mol. The van der Waals surface area contributed by atoms with Crippen LogP contribution < -0.4 is 10.1 Å². The smallest absolute Gasteiger partial charge is 0.307 e. The van der Waals surface area contributed by atoms with Crippen LogP contribution in [0.5, 0.6) is 5.75 Å². The molecule has 0 spiro atoms. The van der Waals surface area contributed by atoms with E-state index in [1.165, 1.54) is 12.7 Å². The molecule has 110 valence electrons. The number of carbonyl (C=O) groups excluding carboxylic acids is 2. The first-order valence-electron chi connectivity index (χ1n) is 6.59. The number of hydrogen-bond acceptors (Lipinski definition) is 4. The highest BCUT2D eigenvalue weighted by atomic mass is 16.5. The zero-order chi connectivity index (χ0) is 15.0. The van der Waals surface area contributed by atoms with E-state index in [0.29, 0.717) is 11.7 Å². The van der Waals surface area contributed by atoms with Gasteiger partial charge in [0, 0.05) is 6.54 Å². The van der Waals surface area contributed by atoms with Gasteiger partial charge in [0.25, 0.3) is 5.91 Å². The van der Waals surface area contributed by atoms with Crippen molar-refractivity contribution in [3.8, 4) is 5.75 Å². The number of rotatable bonds is 7. The molecule has 0 aromatic heterocycles. The molecule has 0 saturated heterocycles. The zero-order valence-electron chi connectivity index (χ0n) is 12.1. The molecule has 0 heterocycles. The third kappa shape index (κ3) is 5.73. The van der Waals surface area contributed by atoms with Crippen LogP contribution in [0.25, 0.3) is 0 Å². The molecular formula is C15H21NO4. The summed E-state index contributed by atoms with van der Waals surface area (Å²) in [6.45, 7) is 4.42. The molecule has 0 fully saturated rings. The lowest BCUT2D eigenvalue weighted by Gasteiger charge is -2.09. The Balaban J connectivity index is 2.28. The molecule has 0 unspecified atom stereocenters. The molecular weight excluding hydrogens is 258 g/mol. The molecule has 0 saturated carbocycles. The second-order valence-electron chi connectivity index (χ2n) is 4.69. The fourth-order valence-electron chi connectivity index (χ4n) is 1.55. The summed E-state index contributed by atoms with van der Waals surface area (Å²) in [5, 5.41) is 2.58. The van der Waals surface area contributed by atoms with Crippen LogP contribution in [0.2, 0.25) is 0 Å². The fourth-order valence-corrected chi connectivity index (χ4v) is 1.55. The minimum Gasteiger partial charge on any atom is -0.484 e. The summed E-state index contributed by atoms with van der Waals surface area (Å²) in [7, 11) is 1.31. The van der Waals surface area contributed by atoms with Gasteiger partial charge in [0.15, 0.2) is 6.61 Å². The Hall–Kier alpha value is -2.04. The van der Waals surface area contributed by atoms with E-state index in [0.717, 1.165) is 0 Å². The van der Waals surface area contributed by atoms with Gasteiger partial charge in [0.05, 0.1) is 13.5 Å². The number of carbonyl (C=O) groups is 2. The van der Waals surface area contributed by atoms with E-state index in [2.05, 4.69) is 23.9 Å². The lowest BCUT2D eigenvalue weighted by atomic mass is 10.0. The second-order valence-corrected chi connectivity index (χ2v) is 4.69. The molecule has 0 aliphatic heterocycles. The maximum absolute atomic E-state index is 11.5. The van der Waals surface area contributed by atoms with E-state index >= 15 is 0 Å². The van der Waals surface area contributed by atoms with E-state index in [9.17, 15) is 9.59 Å². The first kappa shape index (κ1) is 16.0. The Morgan fingerprint density at radius 2 is 1.85 bits per heavy atom. The summed E-state index contributed by atoms with van der Waals surface area (Å²) < 4.78 is 9.83. The van der Waals surface area contributed by atoms with E-state index in [-0.39, 0.29) is 31.4 Å². The number of amides is 1. The number of hydrogen-bond donors (Lipinski definition) is 1. The molecule has 5 nitrogen and oxygen atoms in total. The van der Waals surface area contributed by atoms with Gasteiger partial charge in [-0.1, -0.05) is 26.0 Å². The molecule has 1 N–H and O–H groups in total. The molecule has 0 radical (unpaired) electrons. The Kier molecular flexibility index (Phi) is 6.56. The number of ether oxygens (including phenoxy) is 2. The highest BCUT2D eigenvalue weighted by Gasteiger charge is 2.05. The molecule has 20 heavy (non-hydrogen) atoms. The monoisotopic (exact) mass is 279 g/mol. The van der Waals surface area contributed by atoms with Gasteiger partial charge in [0.2, 0.25) is 0 Å². The quantitative estimate of drug-likeness (QED) is 0.774. The van der Waals surface area contributed by atoms with Crippen molar-refractivity contribution in [3.05, 3.63) is 29.8 Å². The van der Waals surface area contributed by atoms with Gasteiger partial charge in [-0.3, -0.25) is 9.59 Å². The summed E-state index contributed by atoms with van der Waals surface area (Å²) in [4.78, 5) is 22.3. The van der Waals surface area contributed by atoms with Crippen LogP contribution in [-0.4, -0.2) is 32.1 Å². The van der Waals surface area contributed by atoms with Crippen molar-refractivity contribution >= 4 is 11.9 Å². The molecule has 0 atom stereocenters. The lowest BCUT2D eigenvalue weighted by Crippen LogP contribution is -2.30. The second kappa shape index (κ2) is 8.19. The predicted octanol–water partition coefficient (Wildman–Crippen LogP) is 1.87. The van der Waals surface area contributed by atoms with Crippen LogP contribution in [-0.2, 0) is 14.3 Å². The number of nitrogens with one attached hydrogen (secondary N) is 1. The van der Waals surface area contributed by atoms with Crippen LogP contribution >= 0.6 is 0 Å². The van der Waals surface area contributed by atoms with Gasteiger partial charge in [-0.2, -0.15) is 0 Å². The van der Waals surface area contributed by atoms with Gasteiger partial charge in [-0.05, 0) is 23.6 Å². The minimum absolute atomic E-state index is 0.0673. The van der Waals surface area contributed by atoms with Crippen molar-refractivity contribution in [1.82, 2.24) is 5.32 Å². The Morgan fingerprint density at radius 3 is 2.40 bits per heavy atom. The predicted molar refractivity (Wildman–Crippen MR) is 75.7 cm³/mol. The molecule has 1 aromatic carbocycles. The van der Waals surface area contributed by atoms with Crippen molar-refractivity contribution in [2.45, 2.75) is 26.2 Å². The standard InChI is InChI=1S/C15H21NO4/c1-11(2)12-4-6-13(7-5-12)20-10-14(17)16-9-8-15(18)19-3/h4-7,11H,8-10H2,1-3H3,(H,16,17). The number of benzene rings is 1. The summed E-state index contributed by atoms with van der Waals surface area (Å²) in [6, 6.07) is 7.65. The molecule has 0 bridgehead atoms. The van der Waals surface area contributed by atoms with E-state index in [4.69, 9.17) is 4.74 Å². The first-order chi connectivity index (χ1) is 9.52. The van der Waals surface area contributed by atoms with Crippen LogP contribution in [0.3, 0.4) is 0 Å². The molecule has 1 aromatic rings. The summed E-state index contributed by atoms with van der Waals surface area (Å²) >= 11 is 0. The largest absolute Gasteiger partial charge is 0.484 e. The first-order valence-corrected chi connectivity index (χ1v) is 6.59. The third-order valence-corrected chi connectivity index (χ3v) is 2.80. The maximum atomic E-state index is 11.5. The Morgan fingerprint density at radius 1 is 1.20 bits per heavy atom. The van der Waals surface area contributed by atoms with E-state index < -0.39 is 0 Å². The van der Waals surface area contributed by atoms with Gasteiger partial charge in [-0.15, -0.1) is 0 Å². The molecule has 0 aliphatic rings. The summed E-state index contributed by atoms with van der Waals surface area (Å²) in [6.07, 6.45) is 0.158. The SMILES string of the molecule is COC(=O)CCNC(=O)COc1ccc(C(C)C)cc1. The maximum Gasteiger partial charge on any atom is 0.307 e. The van der Waals surface area contributed by atoms with E-state index in [1.54, 1.807) is 0 Å². The van der Waals surface area contributed by atoms with Crippen molar-refractivity contribution < 1.29 is 19.1 Å². The highest BCUT2D eigenvalue weighted by molar-refractivity contribution is 5.78. The molecule has 1 rings (SSSR count). The van der Waals surface area contributed by atoms with Crippen LogP contribution in [0.1, 0.15) is 31.7 Å². The topological polar surface area (TPSA) is 64.6 Å². The average Bonchev–Trinajstić information content (AvgIpc) is 2.45. The van der Waals surface area contributed by atoms with Crippen molar-refractivity contribution in [2.75, 3.05) is 20.3 Å². The normalized spacial score (nSPS) is 10.2. The summed E-state index contributed by atoms with van der Waals surface area (Å²) in [5.74, 6) is 0.500. The van der Waals surface area contributed by atoms with Crippen molar-refractivity contribution in [2.24, 2.45) is 0 Å². The minimum atomic E-state index is -0.351. The molecule has 0 aliphatic carbocycles. The number of methoxy groups -OCH3 is 1.